The van der Waals surface area contributed by atoms with Crippen LogP contribution in [-0.4, -0.2) is 18.8 Å². The molecule has 0 aliphatic heterocycles. The Hall–Kier alpha value is -2.00. The van der Waals surface area contributed by atoms with Gasteiger partial charge in [-0.1, -0.05) is 36.4 Å². The summed E-state index contributed by atoms with van der Waals surface area (Å²) in [6, 6.07) is 13.7. The molecule has 0 aliphatic rings. The highest BCUT2D eigenvalue weighted by atomic mass is 16.5. The van der Waals surface area contributed by atoms with Crippen molar-refractivity contribution in [1.82, 2.24) is 0 Å². The Morgan fingerprint density at radius 1 is 1.05 bits per heavy atom. The largest absolute Gasteiger partial charge is 0.496 e. The van der Waals surface area contributed by atoms with E-state index in [1.54, 1.807) is 7.11 Å². The van der Waals surface area contributed by atoms with Crippen molar-refractivity contribution in [3.8, 4) is 5.75 Å². The molecule has 2 N–H and O–H groups in total. The number of ether oxygens (including phenoxy) is 1. The van der Waals surface area contributed by atoms with Gasteiger partial charge in [0.25, 0.3) is 0 Å². The van der Waals surface area contributed by atoms with Crippen molar-refractivity contribution in [2.45, 2.75) is 20.0 Å². The maximum atomic E-state index is 10.3. The monoisotopic (exact) mass is 271 g/mol. The summed E-state index contributed by atoms with van der Waals surface area (Å²) in [5.74, 6) is 0.711. The lowest BCUT2D eigenvalue weighted by molar-refractivity contribution is 0.187. The first kappa shape index (κ1) is 14.4. The number of aliphatic hydroxyl groups is 1. The van der Waals surface area contributed by atoms with E-state index in [9.17, 15) is 5.11 Å². The molecule has 2 rings (SSSR count). The van der Waals surface area contributed by atoms with E-state index in [4.69, 9.17) is 4.74 Å². The molecule has 2 aromatic rings. The van der Waals surface area contributed by atoms with Crippen LogP contribution in [0.3, 0.4) is 0 Å². The Balaban J connectivity index is 2.11. The number of aliphatic hydroxyl groups excluding tert-OH is 1. The maximum Gasteiger partial charge on any atom is 0.124 e. The van der Waals surface area contributed by atoms with Crippen LogP contribution in [0.25, 0.3) is 0 Å². The molecule has 3 nitrogen and oxygen atoms in total. The van der Waals surface area contributed by atoms with Gasteiger partial charge in [-0.15, -0.1) is 0 Å². The zero-order valence-corrected chi connectivity index (χ0v) is 12.2. The van der Waals surface area contributed by atoms with E-state index >= 15 is 0 Å². The predicted molar refractivity (Wildman–Crippen MR) is 82.4 cm³/mol. The fourth-order valence-corrected chi connectivity index (χ4v) is 2.34. The van der Waals surface area contributed by atoms with Crippen molar-refractivity contribution in [3.63, 3.8) is 0 Å². The highest BCUT2D eigenvalue weighted by molar-refractivity contribution is 5.56. The molecular formula is C17H21NO2. The average Bonchev–Trinajstić information content (AvgIpc) is 2.46. The number of methoxy groups -OCH3 is 1. The number of hydrogen-bond acceptors (Lipinski definition) is 3. The number of aryl methyl sites for hydroxylation is 2. The Morgan fingerprint density at radius 2 is 1.70 bits per heavy atom. The third-order valence-corrected chi connectivity index (χ3v) is 3.45. The number of benzene rings is 2. The Labute approximate surface area is 120 Å². The minimum atomic E-state index is -0.606. The van der Waals surface area contributed by atoms with Crippen LogP contribution < -0.4 is 10.1 Å². The fourth-order valence-electron chi connectivity index (χ4n) is 2.34. The SMILES string of the molecule is COc1ccccc1C(O)CNc1c(C)cccc1C. The lowest BCUT2D eigenvalue weighted by Gasteiger charge is -2.18. The third-order valence-electron chi connectivity index (χ3n) is 3.45. The fraction of sp³-hybridized carbons (Fsp3) is 0.294. The maximum absolute atomic E-state index is 10.3. The standard InChI is InChI=1S/C17H21NO2/c1-12-7-6-8-13(2)17(12)18-11-15(19)14-9-4-5-10-16(14)20-3/h4-10,15,18-19H,11H2,1-3H3. The molecule has 0 aromatic heterocycles. The molecule has 0 fully saturated rings. The molecule has 2 aromatic carbocycles. The van der Waals surface area contributed by atoms with Crippen LogP contribution in [0.5, 0.6) is 5.75 Å². The zero-order valence-electron chi connectivity index (χ0n) is 12.2. The molecule has 0 aliphatic carbocycles. The average molecular weight is 271 g/mol. The van der Waals surface area contributed by atoms with Crippen molar-refractivity contribution in [2.24, 2.45) is 0 Å². The van der Waals surface area contributed by atoms with Gasteiger partial charge in [-0.3, -0.25) is 0 Å². The quantitative estimate of drug-likeness (QED) is 0.875. The molecular weight excluding hydrogens is 250 g/mol. The Morgan fingerprint density at radius 3 is 2.35 bits per heavy atom. The van der Waals surface area contributed by atoms with Crippen LogP contribution in [0.4, 0.5) is 5.69 Å². The number of para-hydroxylation sites is 2. The number of nitrogens with one attached hydrogen (secondary N) is 1. The van der Waals surface area contributed by atoms with Crippen molar-refractivity contribution < 1.29 is 9.84 Å². The normalized spacial score (nSPS) is 12.0. The van der Waals surface area contributed by atoms with Gasteiger partial charge < -0.3 is 15.2 Å². The smallest absolute Gasteiger partial charge is 0.124 e. The second-order valence-corrected chi connectivity index (χ2v) is 4.91. The minimum Gasteiger partial charge on any atom is -0.496 e. The molecule has 1 unspecified atom stereocenters. The van der Waals surface area contributed by atoms with Gasteiger partial charge in [0.05, 0.1) is 13.2 Å². The highest BCUT2D eigenvalue weighted by Crippen LogP contribution is 2.26. The van der Waals surface area contributed by atoms with Crippen molar-refractivity contribution in [2.75, 3.05) is 19.0 Å². The van der Waals surface area contributed by atoms with E-state index in [0.29, 0.717) is 12.3 Å². The summed E-state index contributed by atoms with van der Waals surface area (Å²) < 4.78 is 5.28. The second-order valence-electron chi connectivity index (χ2n) is 4.91. The third kappa shape index (κ3) is 3.11. The van der Waals surface area contributed by atoms with Gasteiger partial charge in [0.2, 0.25) is 0 Å². The van der Waals surface area contributed by atoms with Gasteiger partial charge in [-0.25, -0.2) is 0 Å². The van der Waals surface area contributed by atoms with Gasteiger partial charge in [0, 0.05) is 17.8 Å². The van der Waals surface area contributed by atoms with Crippen LogP contribution in [0.2, 0.25) is 0 Å². The Kier molecular flexibility index (Phi) is 4.64. The van der Waals surface area contributed by atoms with Crippen LogP contribution in [-0.2, 0) is 0 Å². The molecule has 0 heterocycles. The number of rotatable bonds is 5. The van der Waals surface area contributed by atoms with Gasteiger partial charge in [-0.05, 0) is 31.0 Å². The number of hydrogen-bond donors (Lipinski definition) is 2. The van der Waals surface area contributed by atoms with E-state index in [1.165, 1.54) is 11.1 Å². The van der Waals surface area contributed by atoms with Crippen LogP contribution >= 0.6 is 0 Å². The summed E-state index contributed by atoms with van der Waals surface area (Å²) in [5.41, 5.74) is 4.24. The predicted octanol–water partition coefficient (Wildman–Crippen LogP) is 3.46. The van der Waals surface area contributed by atoms with Crippen molar-refractivity contribution in [3.05, 3.63) is 59.2 Å². The minimum absolute atomic E-state index is 0.450. The highest BCUT2D eigenvalue weighted by Gasteiger charge is 2.13. The molecule has 106 valence electrons. The molecule has 0 amide bonds. The molecule has 0 saturated carbocycles. The summed E-state index contributed by atoms with van der Waals surface area (Å²) in [5, 5.41) is 13.7. The van der Waals surface area contributed by atoms with Gasteiger partial charge in [-0.2, -0.15) is 0 Å². The first-order valence-corrected chi connectivity index (χ1v) is 6.74. The lowest BCUT2D eigenvalue weighted by Crippen LogP contribution is -2.14. The van der Waals surface area contributed by atoms with E-state index in [2.05, 4.69) is 31.3 Å². The molecule has 0 spiro atoms. The Bertz CT molecular complexity index is 561. The van der Waals surface area contributed by atoms with E-state index < -0.39 is 6.10 Å². The summed E-state index contributed by atoms with van der Waals surface area (Å²) in [7, 11) is 1.62. The topological polar surface area (TPSA) is 41.5 Å². The van der Waals surface area contributed by atoms with E-state index in [0.717, 1.165) is 11.3 Å². The van der Waals surface area contributed by atoms with Crippen LogP contribution in [0.15, 0.2) is 42.5 Å². The molecule has 20 heavy (non-hydrogen) atoms. The van der Waals surface area contributed by atoms with Crippen molar-refractivity contribution >= 4 is 5.69 Å². The summed E-state index contributed by atoms with van der Waals surface area (Å²) in [4.78, 5) is 0. The first-order chi connectivity index (χ1) is 9.63. The van der Waals surface area contributed by atoms with Crippen LogP contribution in [0.1, 0.15) is 22.8 Å². The van der Waals surface area contributed by atoms with Crippen molar-refractivity contribution in [1.29, 1.82) is 0 Å². The van der Waals surface area contributed by atoms with Gasteiger partial charge in [0.15, 0.2) is 0 Å². The van der Waals surface area contributed by atoms with E-state index in [1.807, 2.05) is 30.3 Å². The molecule has 3 heteroatoms. The van der Waals surface area contributed by atoms with Gasteiger partial charge in [0.1, 0.15) is 5.75 Å². The lowest BCUT2D eigenvalue weighted by atomic mass is 10.1. The second kappa shape index (κ2) is 6.44. The molecule has 0 bridgehead atoms. The van der Waals surface area contributed by atoms with Crippen LogP contribution in [0, 0.1) is 13.8 Å². The summed E-state index contributed by atoms with van der Waals surface area (Å²) in [6.45, 7) is 4.57. The van der Waals surface area contributed by atoms with E-state index in [-0.39, 0.29) is 0 Å². The molecule has 0 saturated heterocycles. The molecule has 0 radical (unpaired) electrons. The zero-order chi connectivity index (χ0) is 14.5. The first-order valence-electron chi connectivity index (χ1n) is 6.74. The molecule has 1 atom stereocenters. The van der Waals surface area contributed by atoms with Gasteiger partial charge >= 0.3 is 0 Å². The number of anilines is 1. The summed E-state index contributed by atoms with van der Waals surface area (Å²) in [6.07, 6.45) is -0.606. The summed E-state index contributed by atoms with van der Waals surface area (Å²) >= 11 is 0.